The minimum absolute atomic E-state index is 0.0744. The van der Waals surface area contributed by atoms with Crippen LogP contribution in [0.3, 0.4) is 0 Å². The van der Waals surface area contributed by atoms with Gasteiger partial charge >= 0.3 is 0 Å². The van der Waals surface area contributed by atoms with Crippen LogP contribution in [0.1, 0.15) is 28.0 Å². The van der Waals surface area contributed by atoms with Crippen LogP contribution in [0.2, 0.25) is 0 Å². The smallest absolute Gasteiger partial charge is 0.278 e. The van der Waals surface area contributed by atoms with Crippen molar-refractivity contribution in [3.63, 3.8) is 0 Å². The predicted molar refractivity (Wildman–Crippen MR) is 115 cm³/mol. The zero-order valence-electron chi connectivity index (χ0n) is 16.7. The minimum atomic E-state index is -0.350. The van der Waals surface area contributed by atoms with Gasteiger partial charge in [0.25, 0.3) is 11.5 Å². The number of amides is 2. The number of nitrogens with zero attached hydrogens (tertiary/aromatic N) is 3. The predicted octanol–water partition coefficient (Wildman–Crippen LogP) is 2.78. The topological polar surface area (TPSA) is 84.3 Å². The van der Waals surface area contributed by atoms with E-state index in [9.17, 15) is 14.4 Å². The van der Waals surface area contributed by atoms with Gasteiger partial charge in [0, 0.05) is 30.4 Å². The first-order chi connectivity index (χ1) is 14.5. The highest BCUT2D eigenvalue weighted by Crippen LogP contribution is 2.28. The molecule has 1 N–H and O–H groups in total. The Morgan fingerprint density at radius 3 is 2.73 bits per heavy atom. The quantitative estimate of drug-likeness (QED) is 0.711. The van der Waals surface area contributed by atoms with E-state index in [1.807, 2.05) is 55.5 Å². The molecule has 30 heavy (non-hydrogen) atoms. The zero-order chi connectivity index (χ0) is 21.1. The maximum absolute atomic E-state index is 13.0. The summed E-state index contributed by atoms with van der Waals surface area (Å²) in [6.07, 6.45) is 0.867. The van der Waals surface area contributed by atoms with E-state index in [-0.39, 0.29) is 36.0 Å². The second kappa shape index (κ2) is 8.32. The Labute approximate surface area is 174 Å². The van der Waals surface area contributed by atoms with Crippen LogP contribution in [-0.2, 0) is 17.8 Å². The molecule has 0 unspecified atom stereocenters. The molecule has 7 nitrogen and oxygen atoms in total. The molecule has 4 rings (SSSR count). The number of rotatable bonds is 5. The third kappa shape index (κ3) is 4.15. The van der Waals surface area contributed by atoms with E-state index in [2.05, 4.69) is 10.4 Å². The maximum Gasteiger partial charge on any atom is 0.278 e. The highest BCUT2D eigenvalue weighted by atomic mass is 16.2. The number of carbonyl (C=O) groups is 2. The van der Waals surface area contributed by atoms with Crippen molar-refractivity contribution in [2.24, 2.45) is 0 Å². The van der Waals surface area contributed by atoms with Gasteiger partial charge in [0.15, 0.2) is 0 Å². The highest BCUT2D eigenvalue weighted by molar-refractivity contribution is 6.05. The van der Waals surface area contributed by atoms with Gasteiger partial charge in [0.2, 0.25) is 5.91 Å². The van der Waals surface area contributed by atoms with E-state index in [0.29, 0.717) is 12.2 Å². The molecule has 0 radical (unpaired) electrons. The number of carbonyl (C=O) groups excluding carboxylic acids is 2. The van der Waals surface area contributed by atoms with Gasteiger partial charge in [-0.25, -0.2) is 4.68 Å². The van der Waals surface area contributed by atoms with Gasteiger partial charge in [0.05, 0.1) is 6.54 Å². The van der Waals surface area contributed by atoms with Gasteiger partial charge in [0.1, 0.15) is 5.69 Å². The van der Waals surface area contributed by atoms with Crippen LogP contribution in [0, 0.1) is 6.92 Å². The lowest BCUT2D eigenvalue weighted by Gasteiger charge is -2.17. The summed E-state index contributed by atoms with van der Waals surface area (Å²) in [4.78, 5) is 39.0. The van der Waals surface area contributed by atoms with Gasteiger partial charge in [-0.1, -0.05) is 30.3 Å². The number of anilines is 2. The van der Waals surface area contributed by atoms with E-state index < -0.39 is 0 Å². The van der Waals surface area contributed by atoms with Crippen LogP contribution in [0.15, 0.2) is 65.5 Å². The van der Waals surface area contributed by atoms with E-state index in [4.69, 9.17) is 0 Å². The lowest BCUT2D eigenvalue weighted by Crippen LogP contribution is -2.33. The Balaban J connectivity index is 1.45. The van der Waals surface area contributed by atoms with Crippen molar-refractivity contribution in [1.29, 1.82) is 0 Å². The molecule has 0 fully saturated rings. The van der Waals surface area contributed by atoms with Crippen LogP contribution in [0.5, 0.6) is 0 Å². The molecule has 0 aliphatic carbocycles. The summed E-state index contributed by atoms with van der Waals surface area (Å²) in [5.41, 5.74) is 3.58. The minimum Gasteiger partial charge on any atom is -0.326 e. The van der Waals surface area contributed by atoms with E-state index in [1.165, 1.54) is 16.8 Å². The standard InChI is InChI=1S/C23H22N4O3/c1-16-5-4-7-18(15-16)24-21(28)12-14-27-22(29)10-9-19(25-27)23(30)26-13-11-17-6-2-3-8-20(17)26/h2-10,15H,11-14H2,1H3,(H,24,28). The fourth-order valence-corrected chi connectivity index (χ4v) is 3.56. The molecule has 1 aromatic heterocycles. The number of nitrogens with one attached hydrogen (secondary N) is 1. The summed E-state index contributed by atoms with van der Waals surface area (Å²) in [5, 5.41) is 7.02. The van der Waals surface area contributed by atoms with Crippen LogP contribution < -0.4 is 15.8 Å². The second-order valence-electron chi connectivity index (χ2n) is 7.28. The number of fused-ring (bicyclic) bond motifs is 1. The van der Waals surface area contributed by atoms with Crippen LogP contribution in [0.4, 0.5) is 11.4 Å². The molecule has 0 atom stereocenters. The molecule has 2 amide bonds. The molecular weight excluding hydrogens is 380 g/mol. The summed E-state index contributed by atoms with van der Waals surface area (Å²) < 4.78 is 1.17. The Kier molecular flexibility index (Phi) is 5.43. The molecule has 2 aromatic carbocycles. The summed E-state index contributed by atoms with van der Waals surface area (Å²) in [7, 11) is 0. The lowest BCUT2D eigenvalue weighted by atomic mass is 10.2. The van der Waals surface area contributed by atoms with Gasteiger partial charge in [-0.15, -0.1) is 0 Å². The fourth-order valence-electron chi connectivity index (χ4n) is 3.56. The number of hydrogen-bond donors (Lipinski definition) is 1. The summed E-state index contributed by atoms with van der Waals surface area (Å²) in [6, 6.07) is 18.0. The molecule has 0 saturated heterocycles. The molecule has 0 spiro atoms. The zero-order valence-corrected chi connectivity index (χ0v) is 16.7. The molecule has 1 aliphatic heterocycles. The van der Waals surface area contributed by atoms with Crippen molar-refractivity contribution in [3.05, 3.63) is 87.8 Å². The summed E-state index contributed by atoms with van der Waals surface area (Å²) in [6.45, 7) is 2.62. The summed E-state index contributed by atoms with van der Waals surface area (Å²) in [5.74, 6) is -0.475. The Morgan fingerprint density at radius 2 is 1.90 bits per heavy atom. The Morgan fingerprint density at radius 1 is 1.07 bits per heavy atom. The average molecular weight is 402 g/mol. The van der Waals surface area contributed by atoms with Gasteiger partial charge in [-0.05, 0) is 48.7 Å². The SMILES string of the molecule is Cc1cccc(NC(=O)CCn2nc(C(=O)N3CCc4ccccc43)ccc2=O)c1. The molecular formula is C23H22N4O3. The summed E-state index contributed by atoms with van der Waals surface area (Å²) >= 11 is 0. The first-order valence-electron chi connectivity index (χ1n) is 9.86. The maximum atomic E-state index is 13.0. The van der Waals surface area contributed by atoms with Crippen LogP contribution in [0.25, 0.3) is 0 Å². The van der Waals surface area contributed by atoms with Crippen molar-refractivity contribution < 1.29 is 9.59 Å². The highest BCUT2D eigenvalue weighted by Gasteiger charge is 2.26. The largest absolute Gasteiger partial charge is 0.326 e. The first kappa shape index (κ1) is 19.6. The van der Waals surface area contributed by atoms with Crippen molar-refractivity contribution in [2.75, 3.05) is 16.8 Å². The van der Waals surface area contributed by atoms with Crippen molar-refractivity contribution in [3.8, 4) is 0 Å². The van der Waals surface area contributed by atoms with E-state index in [1.54, 1.807) is 4.90 Å². The molecule has 0 saturated carbocycles. The second-order valence-corrected chi connectivity index (χ2v) is 7.28. The monoisotopic (exact) mass is 402 g/mol. The molecule has 7 heteroatoms. The molecule has 0 bridgehead atoms. The molecule has 152 valence electrons. The Bertz CT molecular complexity index is 1170. The van der Waals surface area contributed by atoms with Crippen molar-refractivity contribution >= 4 is 23.2 Å². The van der Waals surface area contributed by atoms with Crippen molar-refractivity contribution in [1.82, 2.24) is 9.78 Å². The van der Waals surface area contributed by atoms with Crippen LogP contribution >= 0.6 is 0 Å². The van der Waals surface area contributed by atoms with E-state index in [0.717, 1.165) is 23.2 Å². The average Bonchev–Trinajstić information content (AvgIpc) is 3.17. The molecule has 1 aliphatic rings. The number of benzene rings is 2. The van der Waals surface area contributed by atoms with Gasteiger partial charge in [-0.3, -0.25) is 14.4 Å². The number of hydrogen-bond acceptors (Lipinski definition) is 4. The normalized spacial score (nSPS) is 12.5. The third-order valence-electron chi connectivity index (χ3n) is 5.07. The number of aryl methyl sites for hydroxylation is 2. The van der Waals surface area contributed by atoms with E-state index >= 15 is 0 Å². The van der Waals surface area contributed by atoms with Crippen LogP contribution in [-0.4, -0.2) is 28.1 Å². The number of para-hydroxylation sites is 1. The number of aromatic nitrogens is 2. The molecule has 2 heterocycles. The third-order valence-corrected chi connectivity index (χ3v) is 5.07. The molecule has 3 aromatic rings. The van der Waals surface area contributed by atoms with Gasteiger partial charge in [-0.2, -0.15) is 5.10 Å². The fraction of sp³-hybridized carbons (Fsp3) is 0.217. The first-order valence-corrected chi connectivity index (χ1v) is 9.86. The lowest BCUT2D eigenvalue weighted by molar-refractivity contribution is -0.116. The van der Waals surface area contributed by atoms with Gasteiger partial charge < -0.3 is 10.2 Å². The Hall–Kier alpha value is -3.74. The van der Waals surface area contributed by atoms with Crippen molar-refractivity contribution in [2.45, 2.75) is 26.3 Å².